The zero-order valence-electron chi connectivity index (χ0n) is 20.2. The van der Waals surface area contributed by atoms with Gasteiger partial charge in [-0.15, -0.1) is 0 Å². The maximum atomic E-state index is 16.2. The lowest BCUT2D eigenvalue weighted by Gasteiger charge is -2.25. The molecule has 0 saturated carbocycles. The summed E-state index contributed by atoms with van der Waals surface area (Å²) in [6.07, 6.45) is 1.69. The molecule has 1 N–H and O–H groups in total. The minimum Gasteiger partial charge on any atom is -0.508 e. The van der Waals surface area contributed by atoms with Crippen molar-refractivity contribution in [2.75, 3.05) is 45.4 Å². The van der Waals surface area contributed by atoms with Crippen LogP contribution < -0.4 is 9.64 Å². The molecule has 1 atom stereocenters. The Kier molecular flexibility index (Phi) is 6.55. The number of methoxy groups -OCH3 is 2. The molecule has 8 nitrogen and oxygen atoms in total. The number of anilines is 1. The van der Waals surface area contributed by atoms with Gasteiger partial charge in [0, 0.05) is 32.0 Å². The molecule has 188 valence electrons. The molecule has 5 rings (SSSR count). The molecule has 1 fully saturated rings. The Morgan fingerprint density at radius 1 is 1.19 bits per heavy atom. The van der Waals surface area contributed by atoms with Gasteiger partial charge < -0.3 is 24.2 Å². The number of aromatic hydroxyl groups is 1. The predicted molar refractivity (Wildman–Crippen MR) is 132 cm³/mol. The van der Waals surface area contributed by atoms with E-state index < -0.39 is 11.6 Å². The number of pyridine rings is 1. The maximum absolute atomic E-state index is 16.2. The molecule has 0 radical (unpaired) electrons. The Morgan fingerprint density at radius 3 is 2.78 bits per heavy atom. The standard InChI is InChI=1S/C26H26F2N4O4/c1-4-17-20(27)6-5-14-9-15(33)10-18(21(14)17)23-22(28)24-19(11-29-23)25(31-26(30-24)35-3)32-7-8-36-13-16(12-32)34-2/h5-6,9-11,16,33H,4,7-8,12-13H2,1-3H3. The van der Waals surface area contributed by atoms with Crippen LogP contribution in [0.2, 0.25) is 0 Å². The fraction of sp³-hybridized carbons (Fsp3) is 0.346. The maximum Gasteiger partial charge on any atom is 0.318 e. The van der Waals surface area contributed by atoms with E-state index in [1.807, 2.05) is 11.8 Å². The molecular weight excluding hydrogens is 470 g/mol. The average Bonchev–Trinajstić information content (AvgIpc) is 3.14. The number of nitrogens with zero attached hydrogens (tertiary/aromatic N) is 4. The van der Waals surface area contributed by atoms with Crippen LogP contribution >= 0.6 is 0 Å². The first-order chi connectivity index (χ1) is 17.4. The van der Waals surface area contributed by atoms with Gasteiger partial charge in [-0.2, -0.15) is 9.97 Å². The molecular formula is C26H26F2N4O4. The third-order valence-corrected chi connectivity index (χ3v) is 6.45. The number of hydrogen-bond acceptors (Lipinski definition) is 8. The normalized spacial score (nSPS) is 16.5. The second kappa shape index (κ2) is 9.79. The van der Waals surface area contributed by atoms with Crippen molar-refractivity contribution in [1.82, 2.24) is 15.0 Å². The number of phenols is 1. The summed E-state index contributed by atoms with van der Waals surface area (Å²) < 4.78 is 47.3. The molecule has 3 heterocycles. The van der Waals surface area contributed by atoms with Crippen molar-refractivity contribution in [3.05, 3.63) is 47.7 Å². The molecule has 0 aliphatic carbocycles. The number of benzene rings is 2. The van der Waals surface area contributed by atoms with E-state index in [9.17, 15) is 9.50 Å². The van der Waals surface area contributed by atoms with Gasteiger partial charge >= 0.3 is 6.01 Å². The van der Waals surface area contributed by atoms with Gasteiger partial charge in [0.15, 0.2) is 5.82 Å². The molecule has 4 aromatic rings. The summed E-state index contributed by atoms with van der Waals surface area (Å²) >= 11 is 0. The van der Waals surface area contributed by atoms with Crippen LogP contribution in [0.3, 0.4) is 0 Å². The van der Waals surface area contributed by atoms with Crippen LogP contribution in [0.25, 0.3) is 32.9 Å². The molecule has 36 heavy (non-hydrogen) atoms. The quantitative estimate of drug-likeness (QED) is 0.439. The molecule has 1 aliphatic rings. The van der Waals surface area contributed by atoms with E-state index in [0.29, 0.717) is 60.3 Å². The molecule has 1 unspecified atom stereocenters. The van der Waals surface area contributed by atoms with Crippen LogP contribution in [0.1, 0.15) is 12.5 Å². The lowest BCUT2D eigenvalue weighted by atomic mass is 9.94. The van der Waals surface area contributed by atoms with Gasteiger partial charge in [-0.3, -0.25) is 4.98 Å². The van der Waals surface area contributed by atoms with E-state index in [-0.39, 0.29) is 34.6 Å². The van der Waals surface area contributed by atoms with Crippen LogP contribution in [0.5, 0.6) is 11.8 Å². The summed E-state index contributed by atoms with van der Waals surface area (Å²) in [5.74, 6) is -0.755. The van der Waals surface area contributed by atoms with Gasteiger partial charge in [-0.1, -0.05) is 13.0 Å². The zero-order valence-corrected chi connectivity index (χ0v) is 20.2. The van der Waals surface area contributed by atoms with Crippen LogP contribution in [-0.2, 0) is 15.9 Å². The summed E-state index contributed by atoms with van der Waals surface area (Å²) in [4.78, 5) is 15.1. The highest BCUT2D eigenvalue weighted by atomic mass is 19.1. The van der Waals surface area contributed by atoms with Crippen molar-refractivity contribution in [3.63, 3.8) is 0 Å². The third kappa shape index (κ3) is 4.16. The first kappa shape index (κ1) is 24.1. The van der Waals surface area contributed by atoms with Gasteiger partial charge in [0.05, 0.1) is 31.8 Å². The average molecular weight is 497 g/mol. The Balaban J connectivity index is 1.75. The number of phenolic OH excluding ortho intramolecular Hbond substituents is 1. The van der Waals surface area contributed by atoms with Crippen molar-refractivity contribution in [2.24, 2.45) is 0 Å². The number of aryl methyl sites for hydroxylation is 1. The molecule has 0 spiro atoms. The Labute approximate surface area is 206 Å². The fourth-order valence-electron chi connectivity index (χ4n) is 4.69. The Morgan fingerprint density at radius 2 is 2.03 bits per heavy atom. The van der Waals surface area contributed by atoms with Crippen molar-refractivity contribution in [1.29, 1.82) is 0 Å². The summed E-state index contributed by atoms with van der Waals surface area (Å²) in [7, 11) is 3.02. The number of fused-ring (bicyclic) bond motifs is 2. The predicted octanol–water partition coefficient (Wildman–Crippen LogP) is 4.25. The summed E-state index contributed by atoms with van der Waals surface area (Å²) in [6.45, 7) is 3.69. The highest BCUT2D eigenvalue weighted by Gasteiger charge is 2.26. The second-order valence-electron chi connectivity index (χ2n) is 8.57. The van der Waals surface area contributed by atoms with E-state index in [1.165, 1.54) is 31.5 Å². The zero-order chi connectivity index (χ0) is 25.4. The number of ether oxygens (including phenoxy) is 3. The lowest BCUT2D eigenvalue weighted by Crippen LogP contribution is -2.34. The highest BCUT2D eigenvalue weighted by Crippen LogP contribution is 2.39. The third-order valence-electron chi connectivity index (χ3n) is 6.45. The minimum atomic E-state index is -0.720. The molecule has 10 heteroatoms. The SMILES string of the molecule is CCc1c(F)ccc2cc(O)cc(-c3ncc4c(N5CCOCC(OC)C5)nc(OC)nc4c3F)c12. The second-order valence-corrected chi connectivity index (χ2v) is 8.57. The summed E-state index contributed by atoms with van der Waals surface area (Å²) in [5.41, 5.74) is 0.652. The largest absolute Gasteiger partial charge is 0.508 e. The van der Waals surface area contributed by atoms with E-state index in [4.69, 9.17) is 14.2 Å². The fourth-order valence-corrected chi connectivity index (χ4v) is 4.69. The Bertz CT molecular complexity index is 1450. The summed E-state index contributed by atoms with van der Waals surface area (Å²) in [6, 6.07) is 5.81. The first-order valence-corrected chi connectivity index (χ1v) is 11.6. The monoisotopic (exact) mass is 496 g/mol. The number of hydrogen-bond donors (Lipinski definition) is 1. The molecule has 2 aromatic carbocycles. The van der Waals surface area contributed by atoms with Gasteiger partial charge in [-0.25, -0.2) is 8.78 Å². The van der Waals surface area contributed by atoms with Crippen molar-refractivity contribution in [2.45, 2.75) is 19.4 Å². The smallest absolute Gasteiger partial charge is 0.318 e. The number of aromatic nitrogens is 3. The van der Waals surface area contributed by atoms with E-state index in [0.717, 1.165) is 0 Å². The van der Waals surface area contributed by atoms with Crippen molar-refractivity contribution in [3.8, 4) is 23.0 Å². The molecule has 0 amide bonds. The molecule has 1 aliphatic heterocycles. The number of rotatable bonds is 5. The van der Waals surface area contributed by atoms with Gasteiger partial charge in [0.25, 0.3) is 0 Å². The molecule has 1 saturated heterocycles. The van der Waals surface area contributed by atoms with E-state index in [2.05, 4.69) is 15.0 Å². The van der Waals surface area contributed by atoms with Gasteiger partial charge in [0.1, 0.15) is 28.6 Å². The lowest BCUT2D eigenvalue weighted by molar-refractivity contribution is 0.0286. The molecule has 0 bridgehead atoms. The first-order valence-electron chi connectivity index (χ1n) is 11.6. The van der Waals surface area contributed by atoms with Crippen LogP contribution in [-0.4, -0.2) is 66.7 Å². The van der Waals surface area contributed by atoms with E-state index >= 15 is 4.39 Å². The topological polar surface area (TPSA) is 89.8 Å². The summed E-state index contributed by atoms with van der Waals surface area (Å²) in [5, 5.41) is 11.8. The highest BCUT2D eigenvalue weighted by molar-refractivity contribution is 6.01. The van der Waals surface area contributed by atoms with Crippen molar-refractivity contribution >= 4 is 27.5 Å². The van der Waals surface area contributed by atoms with Crippen LogP contribution in [0.15, 0.2) is 30.5 Å². The van der Waals surface area contributed by atoms with E-state index in [1.54, 1.807) is 13.2 Å². The van der Waals surface area contributed by atoms with Gasteiger partial charge in [0.2, 0.25) is 0 Å². The van der Waals surface area contributed by atoms with Crippen LogP contribution in [0, 0.1) is 11.6 Å². The van der Waals surface area contributed by atoms with Crippen LogP contribution in [0.4, 0.5) is 14.6 Å². The van der Waals surface area contributed by atoms with Gasteiger partial charge in [-0.05, 0) is 41.0 Å². The molecule has 2 aromatic heterocycles. The minimum absolute atomic E-state index is 0.00580. The number of halogens is 2. The van der Waals surface area contributed by atoms with Crippen molar-refractivity contribution < 1.29 is 28.1 Å². The Hall–Kier alpha value is -3.63.